The first-order chi connectivity index (χ1) is 8.77. The maximum absolute atomic E-state index is 12.1. The molecule has 2 aliphatic heterocycles. The van der Waals surface area contributed by atoms with E-state index in [1.807, 2.05) is 0 Å². The summed E-state index contributed by atoms with van der Waals surface area (Å²) < 4.78 is 5.01. The molecule has 1 atom stereocenters. The smallest absolute Gasteiger partial charge is 0.326 e. The number of hydrogen-bond acceptors (Lipinski definition) is 4. The van der Waals surface area contributed by atoms with E-state index in [-0.39, 0.29) is 5.97 Å². The zero-order valence-electron chi connectivity index (χ0n) is 11.5. The second-order valence-corrected chi connectivity index (χ2v) is 5.61. The van der Waals surface area contributed by atoms with Gasteiger partial charge in [0.15, 0.2) is 0 Å². The number of piperidine rings is 2. The molecule has 0 saturated carbocycles. The predicted octanol–water partition coefficient (Wildman–Crippen LogP) is 1.55. The van der Waals surface area contributed by atoms with Gasteiger partial charge in [0.1, 0.15) is 5.54 Å². The summed E-state index contributed by atoms with van der Waals surface area (Å²) in [6, 6.07) is 0. The van der Waals surface area contributed by atoms with Gasteiger partial charge in [0.25, 0.3) is 0 Å². The van der Waals surface area contributed by atoms with Crippen molar-refractivity contribution in [3.8, 4) is 0 Å². The van der Waals surface area contributed by atoms with Crippen molar-refractivity contribution in [2.24, 2.45) is 0 Å². The standard InChI is InChI=1S/C14H26N2O2/c1-18-13(17)14(7-3-4-9-15-14)8-12-16-10-5-2-6-11-16/h15H,2-12H2,1H3. The molecular formula is C14H26N2O2. The maximum atomic E-state index is 12.1. The van der Waals surface area contributed by atoms with E-state index in [0.29, 0.717) is 0 Å². The molecular weight excluding hydrogens is 228 g/mol. The molecule has 4 heteroatoms. The van der Waals surface area contributed by atoms with Crippen molar-refractivity contribution in [2.75, 3.05) is 33.3 Å². The van der Waals surface area contributed by atoms with Crippen LogP contribution in [0, 0.1) is 0 Å². The lowest BCUT2D eigenvalue weighted by Gasteiger charge is -2.38. The first-order valence-electron chi connectivity index (χ1n) is 7.33. The second-order valence-electron chi connectivity index (χ2n) is 5.61. The van der Waals surface area contributed by atoms with Crippen molar-refractivity contribution in [1.82, 2.24) is 10.2 Å². The molecule has 0 amide bonds. The number of nitrogens with zero attached hydrogens (tertiary/aromatic N) is 1. The van der Waals surface area contributed by atoms with Crippen molar-refractivity contribution in [3.05, 3.63) is 0 Å². The van der Waals surface area contributed by atoms with Crippen molar-refractivity contribution < 1.29 is 9.53 Å². The first-order valence-corrected chi connectivity index (χ1v) is 7.33. The third kappa shape index (κ3) is 3.23. The molecule has 0 aromatic carbocycles. The summed E-state index contributed by atoms with van der Waals surface area (Å²) in [5.74, 6) is -0.0702. The predicted molar refractivity (Wildman–Crippen MR) is 71.5 cm³/mol. The molecule has 2 fully saturated rings. The fraction of sp³-hybridized carbons (Fsp3) is 0.929. The molecule has 0 aromatic heterocycles. The molecule has 104 valence electrons. The van der Waals surface area contributed by atoms with Crippen LogP contribution in [0.3, 0.4) is 0 Å². The fourth-order valence-electron chi connectivity index (χ4n) is 3.18. The minimum Gasteiger partial charge on any atom is -0.468 e. The fourth-order valence-corrected chi connectivity index (χ4v) is 3.18. The Kier molecular flexibility index (Phi) is 5.01. The Bertz CT molecular complexity index is 269. The molecule has 0 aromatic rings. The number of likely N-dealkylation sites (tertiary alicyclic amines) is 1. The number of carbonyl (C=O) groups excluding carboxylic acids is 1. The molecule has 2 saturated heterocycles. The van der Waals surface area contributed by atoms with E-state index in [1.165, 1.54) is 45.9 Å². The van der Waals surface area contributed by atoms with E-state index in [9.17, 15) is 4.79 Å². The van der Waals surface area contributed by atoms with E-state index < -0.39 is 5.54 Å². The van der Waals surface area contributed by atoms with Gasteiger partial charge in [-0.25, -0.2) is 0 Å². The molecule has 18 heavy (non-hydrogen) atoms. The lowest BCUT2D eigenvalue weighted by molar-refractivity contribution is -0.150. The number of nitrogens with one attached hydrogen (secondary N) is 1. The third-order valence-electron chi connectivity index (χ3n) is 4.37. The van der Waals surface area contributed by atoms with Gasteiger partial charge in [-0.2, -0.15) is 0 Å². The summed E-state index contributed by atoms with van der Waals surface area (Å²) in [4.78, 5) is 14.5. The van der Waals surface area contributed by atoms with Gasteiger partial charge in [-0.15, -0.1) is 0 Å². The Balaban J connectivity index is 1.90. The molecule has 1 unspecified atom stereocenters. The Morgan fingerprint density at radius 1 is 1.22 bits per heavy atom. The maximum Gasteiger partial charge on any atom is 0.326 e. The van der Waals surface area contributed by atoms with Crippen LogP contribution in [-0.4, -0.2) is 49.7 Å². The molecule has 1 N–H and O–H groups in total. The average molecular weight is 254 g/mol. The van der Waals surface area contributed by atoms with E-state index in [1.54, 1.807) is 0 Å². The normalized spacial score (nSPS) is 30.1. The van der Waals surface area contributed by atoms with E-state index >= 15 is 0 Å². The molecule has 0 spiro atoms. The van der Waals surface area contributed by atoms with Gasteiger partial charge in [-0.05, 0) is 58.2 Å². The van der Waals surface area contributed by atoms with Crippen LogP contribution in [0.1, 0.15) is 44.9 Å². The Morgan fingerprint density at radius 2 is 2.00 bits per heavy atom. The number of carbonyl (C=O) groups is 1. The van der Waals surface area contributed by atoms with Crippen LogP contribution in [0.5, 0.6) is 0 Å². The van der Waals surface area contributed by atoms with Gasteiger partial charge in [0.05, 0.1) is 7.11 Å². The van der Waals surface area contributed by atoms with Crippen molar-refractivity contribution >= 4 is 5.97 Å². The molecule has 0 aliphatic carbocycles. The highest BCUT2D eigenvalue weighted by atomic mass is 16.5. The van der Waals surface area contributed by atoms with E-state index in [0.717, 1.165) is 32.4 Å². The van der Waals surface area contributed by atoms with Crippen LogP contribution in [0.2, 0.25) is 0 Å². The van der Waals surface area contributed by atoms with Crippen molar-refractivity contribution in [1.29, 1.82) is 0 Å². The highest BCUT2D eigenvalue weighted by molar-refractivity contribution is 5.80. The summed E-state index contributed by atoms with van der Waals surface area (Å²) >= 11 is 0. The molecule has 4 nitrogen and oxygen atoms in total. The van der Waals surface area contributed by atoms with Crippen LogP contribution >= 0.6 is 0 Å². The number of ether oxygens (including phenoxy) is 1. The van der Waals surface area contributed by atoms with Crippen molar-refractivity contribution in [2.45, 2.75) is 50.5 Å². The largest absolute Gasteiger partial charge is 0.468 e. The average Bonchev–Trinajstić information content (AvgIpc) is 2.46. The lowest BCUT2D eigenvalue weighted by atomic mass is 9.85. The summed E-state index contributed by atoms with van der Waals surface area (Å²) in [5.41, 5.74) is -0.412. The highest BCUT2D eigenvalue weighted by Gasteiger charge is 2.40. The van der Waals surface area contributed by atoms with Gasteiger partial charge >= 0.3 is 5.97 Å². The Labute approximate surface area is 110 Å². The number of rotatable bonds is 4. The van der Waals surface area contributed by atoms with Crippen LogP contribution in [0.15, 0.2) is 0 Å². The quantitative estimate of drug-likeness (QED) is 0.773. The topological polar surface area (TPSA) is 41.6 Å². The van der Waals surface area contributed by atoms with Crippen molar-refractivity contribution in [3.63, 3.8) is 0 Å². The van der Waals surface area contributed by atoms with Gasteiger partial charge in [0.2, 0.25) is 0 Å². The van der Waals surface area contributed by atoms with Gasteiger partial charge in [0, 0.05) is 6.54 Å². The van der Waals surface area contributed by atoms with Crippen LogP contribution in [-0.2, 0) is 9.53 Å². The van der Waals surface area contributed by atoms with E-state index in [4.69, 9.17) is 4.74 Å². The first kappa shape index (κ1) is 13.8. The lowest BCUT2D eigenvalue weighted by Crippen LogP contribution is -2.56. The van der Waals surface area contributed by atoms with Crippen LogP contribution in [0.25, 0.3) is 0 Å². The SMILES string of the molecule is COC(=O)C1(CCN2CCCCC2)CCCCN1. The molecule has 2 aliphatic rings. The third-order valence-corrected chi connectivity index (χ3v) is 4.37. The van der Waals surface area contributed by atoms with Crippen LogP contribution < -0.4 is 5.32 Å². The number of hydrogen-bond donors (Lipinski definition) is 1. The molecule has 0 radical (unpaired) electrons. The van der Waals surface area contributed by atoms with Gasteiger partial charge < -0.3 is 15.0 Å². The summed E-state index contributed by atoms with van der Waals surface area (Å²) in [6.07, 6.45) is 8.08. The minimum absolute atomic E-state index is 0.0702. The zero-order chi connectivity index (χ0) is 12.8. The van der Waals surface area contributed by atoms with E-state index in [2.05, 4.69) is 10.2 Å². The summed E-state index contributed by atoms with van der Waals surface area (Å²) in [5, 5.41) is 3.42. The zero-order valence-corrected chi connectivity index (χ0v) is 11.5. The number of esters is 1. The summed E-state index contributed by atoms with van der Waals surface area (Å²) in [6.45, 7) is 4.34. The minimum atomic E-state index is -0.412. The Hall–Kier alpha value is -0.610. The van der Waals surface area contributed by atoms with Gasteiger partial charge in [-0.3, -0.25) is 4.79 Å². The molecule has 2 rings (SSSR count). The monoisotopic (exact) mass is 254 g/mol. The van der Waals surface area contributed by atoms with Crippen LogP contribution in [0.4, 0.5) is 0 Å². The number of methoxy groups -OCH3 is 1. The molecule has 2 heterocycles. The van der Waals surface area contributed by atoms with Gasteiger partial charge in [-0.1, -0.05) is 6.42 Å². The summed E-state index contributed by atoms with van der Waals surface area (Å²) in [7, 11) is 1.50. The molecule has 0 bridgehead atoms. The second kappa shape index (κ2) is 6.53. The highest BCUT2D eigenvalue weighted by Crippen LogP contribution is 2.25. The Morgan fingerprint density at radius 3 is 2.61 bits per heavy atom.